The molecule has 3 heterocycles. The van der Waals surface area contributed by atoms with E-state index in [1.54, 1.807) is 31.4 Å². The van der Waals surface area contributed by atoms with Crippen LogP contribution in [0, 0.1) is 5.92 Å². The summed E-state index contributed by atoms with van der Waals surface area (Å²) in [5.41, 5.74) is 1.10. The van der Waals surface area contributed by atoms with Gasteiger partial charge in [-0.2, -0.15) is 0 Å². The van der Waals surface area contributed by atoms with Gasteiger partial charge in [0, 0.05) is 6.42 Å². The lowest BCUT2D eigenvalue weighted by Gasteiger charge is -2.23. The summed E-state index contributed by atoms with van der Waals surface area (Å²) in [6, 6.07) is 11.7. The van der Waals surface area contributed by atoms with E-state index in [9.17, 15) is 9.59 Å². The maximum atomic E-state index is 13.7. The molecule has 0 aliphatic carbocycles. The van der Waals surface area contributed by atoms with Gasteiger partial charge in [0.25, 0.3) is 5.91 Å². The zero-order valence-electron chi connectivity index (χ0n) is 21.3. The van der Waals surface area contributed by atoms with Crippen LogP contribution in [0.3, 0.4) is 0 Å². The highest BCUT2D eigenvalue weighted by Crippen LogP contribution is 2.44. The number of carbonyl (C=O) groups excluding carboxylic acids is 1. The number of rotatable bonds is 9. The molecule has 0 fully saturated rings. The fourth-order valence-corrected chi connectivity index (χ4v) is 5.43. The van der Waals surface area contributed by atoms with Gasteiger partial charge >= 0.3 is 0 Å². The maximum absolute atomic E-state index is 13.7. The molecular formula is C28H29N3O5S. The maximum Gasteiger partial charge on any atom is 0.297 e. The fourth-order valence-electron chi connectivity index (χ4n) is 4.47. The summed E-state index contributed by atoms with van der Waals surface area (Å²) in [6.45, 7) is 6.90. The van der Waals surface area contributed by atoms with Crippen molar-refractivity contribution in [3.63, 3.8) is 0 Å². The van der Waals surface area contributed by atoms with Gasteiger partial charge in [-0.15, -0.1) is 10.2 Å². The van der Waals surface area contributed by atoms with Gasteiger partial charge in [-0.3, -0.25) is 14.5 Å². The van der Waals surface area contributed by atoms with Gasteiger partial charge in [-0.25, -0.2) is 0 Å². The number of aryl methyl sites for hydroxylation is 1. The van der Waals surface area contributed by atoms with Gasteiger partial charge in [-0.1, -0.05) is 50.3 Å². The second-order valence-corrected chi connectivity index (χ2v) is 10.5. The first-order chi connectivity index (χ1) is 17.9. The van der Waals surface area contributed by atoms with Crippen molar-refractivity contribution in [1.29, 1.82) is 0 Å². The standard InChI is InChI=1S/C28H29N3O5S/c1-5-8-22-29-30-28(37-22)31-24(17-11-12-20(21(15-17)34-4)35-14-13-16(2)3)23-25(32)18-9-6-7-10-19(18)36-26(23)27(31)33/h6-7,9-12,15-16,24H,5,8,13-14H2,1-4H3. The molecule has 0 bridgehead atoms. The predicted molar refractivity (Wildman–Crippen MR) is 143 cm³/mol. The summed E-state index contributed by atoms with van der Waals surface area (Å²) in [4.78, 5) is 29.0. The van der Waals surface area contributed by atoms with Gasteiger partial charge in [0.05, 0.1) is 30.7 Å². The van der Waals surface area contributed by atoms with E-state index in [-0.39, 0.29) is 16.8 Å². The molecule has 0 saturated heterocycles. The van der Waals surface area contributed by atoms with Gasteiger partial charge < -0.3 is 13.9 Å². The second kappa shape index (κ2) is 10.3. The molecule has 192 valence electrons. The van der Waals surface area contributed by atoms with Crippen LogP contribution in [0.15, 0.2) is 51.7 Å². The Morgan fingerprint density at radius 2 is 1.92 bits per heavy atom. The molecule has 1 aliphatic rings. The SMILES string of the molecule is CCCc1nnc(N2C(=O)c3oc4ccccc4c(=O)c3C2c2ccc(OCCC(C)C)c(OC)c2)s1. The van der Waals surface area contributed by atoms with E-state index in [0.29, 0.717) is 45.7 Å². The number of methoxy groups -OCH3 is 1. The molecule has 9 heteroatoms. The highest BCUT2D eigenvalue weighted by Gasteiger charge is 2.45. The Morgan fingerprint density at radius 3 is 2.68 bits per heavy atom. The van der Waals surface area contributed by atoms with Crippen molar-refractivity contribution in [3.05, 3.63) is 74.6 Å². The molecule has 0 radical (unpaired) electrons. The third-order valence-corrected chi connectivity index (χ3v) is 7.34. The Kier molecular flexibility index (Phi) is 6.97. The van der Waals surface area contributed by atoms with Gasteiger partial charge in [0.1, 0.15) is 10.6 Å². The first-order valence-electron chi connectivity index (χ1n) is 12.4. The van der Waals surface area contributed by atoms with Crippen molar-refractivity contribution in [2.24, 2.45) is 5.92 Å². The quantitative estimate of drug-likeness (QED) is 0.277. The Labute approximate surface area is 218 Å². The number of hydrogen-bond acceptors (Lipinski definition) is 8. The zero-order chi connectivity index (χ0) is 26.1. The number of para-hydroxylation sites is 1. The largest absolute Gasteiger partial charge is 0.493 e. The highest BCUT2D eigenvalue weighted by atomic mass is 32.1. The molecule has 0 N–H and O–H groups in total. The number of anilines is 1. The van der Waals surface area contributed by atoms with E-state index in [4.69, 9.17) is 13.9 Å². The molecule has 37 heavy (non-hydrogen) atoms. The molecule has 1 unspecified atom stereocenters. The molecule has 2 aromatic carbocycles. The molecule has 5 rings (SSSR count). The normalized spacial score (nSPS) is 15.0. The summed E-state index contributed by atoms with van der Waals surface area (Å²) in [7, 11) is 1.57. The average Bonchev–Trinajstić information content (AvgIpc) is 3.46. The summed E-state index contributed by atoms with van der Waals surface area (Å²) >= 11 is 1.35. The first kappa shape index (κ1) is 25.0. The Morgan fingerprint density at radius 1 is 1.11 bits per heavy atom. The van der Waals surface area contributed by atoms with Gasteiger partial charge in [0.2, 0.25) is 10.9 Å². The van der Waals surface area contributed by atoms with Crippen molar-refractivity contribution in [2.75, 3.05) is 18.6 Å². The minimum Gasteiger partial charge on any atom is -0.493 e. The van der Waals surface area contributed by atoms with Crippen LogP contribution < -0.4 is 19.8 Å². The van der Waals surface area contributed by atoms with Crippen LogP contribution >= 0.6 is 11.3 Å². The molecule has 4 aromatic rings. The molecule has 1 aliphatic heterocycles. The van der Waals surface area contributed by atoms with Crippen LogP contribution in [0.2, 0.25) is 0 Å². The first-order valence-corrected chi connectivity index (χ1v) is 13.3. The Hall–Kier alpha value is -3.72. The molecule has 0 saturated carbocycles. The van der Waals surface area contributed by atoms with Crippen LogP contribution in [-0.2, 0) is 6.42 Å². The Balaban J connectivity index is 1.65. The lowest BCUT2D eigenvalue weighted by atomic mass is 9.98. The second-order valence-electron chi connectivity index (χ2n) is 9.42. The zero-order valence-corrected chi connectivity index (χ0v) is 22.1. The minimum atomic E-state index is -0.746. The number of carbonyl (C=O) groups is 1. The van der Waals surface area contributed by atoms with Gasteiger partial charge in [-0.05, 0) is 48.6 Å². The number of fused-ring (bicyclic) bond motifs is 2. The van der Waals surface area contributed by atoms with Crippen LogP contribution in [-0.4, -0.2) is 29.8 Å². The number of hydrogen-bond donors (Lipinski definition) is 0. The average molecular weight is 520 g/mol. The third-order valence-electron chi connectivity index (χ3n) is 6.36. The smallest absolute Gasteiger partial charge is 0.297 e. The number of nitrogens with zero attached hydrogens (tertiary/aromatic N) is 3. The molecular weight excluding hydrogens is 490 g/mol. The van der Waals surface area contributed by atoms with Crippen molar-refractivity contribution in [2.45, 2.75) is 46.1 Å². The van der Waals surface area contributed by atoms with Crippen LogP contribution in [0.5, 0.6) is 11.5 Å². The van der Waals surface area contributed by atoms with Crippen LogP contribution in [0.1, 0.15) is 66.3 Å². The van der Waals surface area contributed by atoms with E-state index >= 15 is 0 Å². The molecule has 8 nitrogen and oxygen atoms in total. The van der Waals surface area contributed by atoms with E-state index < -0.39 is 11.9 Å². The van der Waals surface area contributed by atoms with E-state index in [1.165, 1.54) is 16.2 Å². The van der Waals surface area contributed by atoms with Crippen molar-refractivity contribution in [3.8, 4) is 11.5 Å². The highest BCUT2D eigenvalue weighted by molar-refractivity contribution is 7.15. The topological polar surface area (TPSA) is 94.8 Å². The summed E-state index contributed by atoms with van der Waals surface area (Å²) in [6.07, 6.45) is 2.58. The molecule has 0 spiro atoms. The van der Waals surface area contributed by atoms with E-state index in [2.05, 4.69) is 31.0 Å². The minimum absolute atomic E-state index is 0.0252. The fraction of sp³-hybridized carbons (Fsp3) is 0.357. The van der Waals surface area contributed by atoms with Crippen LogP contribution in [0.4, 0.5) is 5.13 Å². The van der Waals surface area contributed by atoms with Crippen LogP contribution in [0.25, 0.3) is 11.0 Å². The molecule has 1 amide bonds. The van der Waals surface area contributed by atoms with Crippen molar-refractivity contribution < 1.29 is 18.7 Å². The monoisotopic (exact) mass is 519 g/mol. The van der Waals surface area contributed by atoms with Crippen molar-refractivity contribution in [1.82, 2.24) is 10.2 Å². The number of ether oxygens (including phenoxy) is 2. The van der Waals surface area contributed by atoms with E-state index in [1.807, 2.05) is 18.2 Å². The number of aromatic nitrogens is 2. The predicted octanol–water partition coefficient (Wildman–Crippen LogP) is 5.78. The Bertz CT molecular complexity index is 1510. The van der Waals surface area contributed by atoms with E-state index in [0.717, 1.165) is 24.3 Å². The lowest BCUT2D eigenvalue weighted by Crippen LogP contribution is -2.29. The summed E-state index contributed by atoms with van der Waals surface area (Å²) in [5, 5.41) is 10.3. The summed E-state index contributed by atoms with van der Waals surface area (Å²) < 4.78 is 17.6. The summed E-state index contributed by atoms with van der Waals surface area (Å²) in [5.74, 6) is 1.25. The molecule has 1 atom stereocenters. The number of amides is 1. The van der Waals surface area contributed by atoms with Gasteiger partial charge in [0.15, 0.2) is 16.9 Å². The lowest BCUT2D eigenvalue weighted by molar-refractivity contribution is 0.0970. The number of benzene rings is 2. The van der Waals surface area contributed by atoms with Crippen molar-refractivity contribution >= 4 is 33.3 Å². The molecule has 2 aromatic heterocycles. The third kappa shape index (κ3) is 4.59.